The number of nitrogens with one attached hydrogen (secondary N) is 3. The lowest BCUT2D eigenvalue weighted by atomic mass is 10.0. The van der Waals surface area contributed by atoms with Crippen molar-refractivity contribution in [3.05, 3.63) is 65.7 Å². The van der Waals surface area contributed by atoms with Crippen molar-refractivity contribution in [3.63, 3.8) is 0 Å². The molecule has 0 amide bonds. The molecule has 1 aliphatic carbocycles. The smallest absolute Gasteiger partial charge is 0.159 e. The van der Waals surface area contributed by atoms with Crippen molar-refractivity contribution in [3.8, 4) is 11.5 Å². The molecule has 1 saturated heterocycles. The van der Waals surface area contributed by atoms with Gasteiger partial charge in [-0.15, -0.1) is 0 Å². The van der Waals surface area contributed by atoms with E-state index in [-0.39, 0.29) is 5.57 Å². The van der Waals surface area contributed by atoms with E-state index >= 15 is 4.39 Å². The number of fused-ring (bicyclic) bond motifs is 1. The van der Waals surface area contributed by atoms with Gasteiger partial charge in [-0.05, 0) is 57.1 Å². The zero-order valence-electron chi connectivity index (χ0n) is 22.9. The fraction of sp³-hybridized carbons (Fsp3) is 0.355. The van der Waals surface area contributed by atoms with Gasteiger partial charge >= 0.3 is 0 Å². The minimum atomic E-state index is -0.486. The molecule has 2 aliphatic rings. The zero-order chi connectivity index (χ0) is 27.6. The van der Waals surface area contributed by atoms with Crippen molar-refractivity contribution in [1.82, 2.24) is 30.1 Å². The summed E-state index contributed by atoms with van der Waals surface area (Å²) in [4.78, 5) is 19.5. The molecule has 1 saturated carbocycles. The minimum Gasteiger partial charge on any atom is -0.358 e. The van der Waals surface area contributed by atoms with Crippen LogP contribution in [0.5, 0.6) is 0 Å². The van der Waals surface area contributed by atoms with Crippen LogP contribution in [-0.4, -0.2) is 43.2 Å². The standard InChI is InChI=1S/C31H35FN8/c1-4-24-26(27(32)19(2)22-16-23(18-33-17-22)35-20(3)21-10-6-7-11-21)29(39-38-24)30-36-25-12-13-34-31(28(25)37-30)40-14-8-5-9-15-40/h4,12-13,16-18,21,35,38H,2-3,5-11,14-15H2,1H3,(H,36,37)/b24-4+,27-26-. The summed E-state index contributed by atoms with van der Waals surface area (Å²) in [6.07, 6.45) is 15.2. The molecule has 9 heteroatoms. The number of imidazole rings is 1. The molecule has 206 valence electrons. The first-order valence-electron chi connectivity index (χ1n) is 14.1. The van der Waals surface area contributed by atoms with Crippen molar-refractivity contribution >= 4 is 40.0 Å². The largest absolute Gasteiger partial charge is 0.358 e. The Hall–Kier alpha value is -4.27. The monoisotopic (exact) mass is 538 g/mol. The van der Waals surface area contributed by atoms with Gasteiger partial charge in [0.05, 0.1) is 28.0 Å². The Morgan fingerprint density at radius 3 is 2.70 bits per heavy atom. The second kappa shape index (κ2) is 11.1. The predicted octanol–water partition coefficient (Wildman–Crippen LogP) is 5.44. The molecule has 0 unspecified atom stereocenters. The summed E-state index contributed by atoms with van der Waals surface area (Å²) in [5.74, 6) is 1.30. The van der Waals surface area contributed by atoms with Crippen LogP contribution >= 0.6 is 0 Å². The van der Waals surface area contributed by atoms with Crippen molar-refractivity contribution in [2.24, 2.45) is 5.92 Å². The second-order valence-electron chi connectivity index (χ2n) is 10.7. The normalized spacial score (nSPS) is 17.4. The van der Waals surface area contributed by atoms with E-state index in [1.165, 1.54) is 19.3 Å². The molecule has 0 bridgehead atoms. The summed E-state index contributed by atoms with van der Waals surface area (Å²) in [6.45, 7) is 12.1. The highest BCUT2D eigenvalue weighted by Gasteiger charge is 2.21. The number of aromatic nitrogens is 6. The quantitative estimate of drug-likeness (QED) is 0.290. The highest BCUT2D eigenvalue weighted by Crippen LogP contribution is 2.32. The first-order chi connectivity index (χ1) is 19.5. The number of anilines is 2. The Morgan fingerprint density at radius 1 is 1.12 bits per heavy atom. The Morgan fingerprint density at radius 2 is 1.93 bits per heavy atom. The molecule has 5 heterocycles. The number of rotatable bonds is 7. The lowest BCUT2D eigenvalue weighted by molar-refractivity contribution is 0.574. The fourth-order valence-electron chi connectivity index (χ4n) is 5.84. The number of aromatic amines is 2. The zero-order valence-corrected chi connectivity index (χ0v) is 22.9. The molecule has 0 spiro atoms. The number of hydrogen-bond acceptors (Lipinski definition) is 6. The molecule has 6 rings (SSSR count). The number of nitrogens with zero attached hydrogens (tertiary/aromatic N) is 5. The minimum absolute atomic E-state index is 0.222. The lowest BCUT2D eigenvalue weighted by Crippen LogP contribution is -2.30. The average Bonchev–Trinajstić information content (AvgIpc) is 3.76. The molecule has 3 N–H and O–H groups in total. The first-order valence-corrected chi connectivity index (χ1v) is 14.1. The van der Waals surface area contributed by atoms with E-state index in [0.29, 0.717) is 33.6 Å². The molecule has 1 aliphatic heterocycles. The van der Waals surface area contributed by atoms with Gasteiger partial charge in [0.15, 0.2) is 11.6 Å². The summed E-state index contributed by atoms with van der Waals surface area (Å²) >= 11 is 0. The predicted molar refractivity (Wildman–Crippen MR) is 159 cm³/mol. The van der Waals surface area contributed by atoms with E-state index in [9.17, 15) is 0 Å². The van der Waals surface area contributed by atoms with Crippen LogP contribution in [0, 0.1) is 5.92 Å². The van der Waals surface area contributed by atoms with E-state index in [4.69, 9.17) is 4.98 Å². The summed E-state index contributed by atoms with van der Waals surface area (Å²) < 4.78 is 16.3. The van der Waals surface area contributed by atoms with Crippen molar-refractivity contribution in [1.29, 1.82) is 0 Å². The molecular weight excluding hydrogens is 503 g/mol. The van der Waals surface area contributed by atoms with E-state index in [2.05, 4.69) is 48.5 Å². The maximum atomic E-state index is 16.3. The van der Waals surface area contributed by atoms with Crippen molar-refractivity contribution in [2.75, 3.05) is 23.3 Å². The Kier molecular flexibility index (Phi) is 7.19. The van der Waals surface area contributed by atoms with Crippen LogP contribution < -0.4 is 20.8 Å². The van der Waals surface area contributed by atoms with Crippen LogP contribution in [0.4, 0.5) is 15.9 Å². The number of pyridine rings is 2. The average molecular weight is 539 g/mol. The number of piperidine rings is 1. The molecule has 0 aromatic carbocycles. The van der Waals surface area contributed by atoms with Gasteiger partial charge in [0.25, 0.3) is 0 Å². The second-order valence-corrected chi connectivity index (χ2v) is 10.7. The third-order valence-electron chi connectivity index (χ3n) is 8.07. The maximum absolute atomic E-state index is 16.3. The first kappa shape index (κ1) is 26.0. The van der Waals surface area contributed by atoms with Gasteiger partial charge < -0.3 is 15.2 Å². The van der Waals surface area contributed by atoms with Crippen LogP contribution in [0.15, 0.2) is 49.6 Å². The molecule has 8 nitrogen and oxygen atoms in total. The van der Waals surface area contributed by atoms with Gasteiger partial charge in [0.2, 0.25) is 0 Å². The SMILES string of the molecule is C=C(/C(F)=c1/c(-c2nc3c(N4CCCCC4)nccc3[nH]2)n[nH]/c1=C/C)c1cncc(NC(=C)C2CCCC2)c1. The number of hydrogen-bond donors (Lipinski definition) is 3. The highest BCUT2D eigenvalue weighted by molar-refractivity contribution is 5.95. The number of H-pyrrole nitrogens is 2. The van der Waals surface area contributed by atoms with E-state index in [1.807, 2.05) is 19.1 Å². The fourth-order valence-corrected chi connectivity index (χ4v) is 5.84. The Labute approximate surface area is 232 Å². The molecule has 4 aromatic rings. The molecule has 40 heavy (non-hydrogen) atoms. The van der Waals surface area contributed by atoms with Crippen molar-refractivity contribution < 1.29 is 4.39 Å². The molecular formula is C31H35FN8. The number of allylic oxidation sites excluding steroid dienone is 2. The van der Waals surface area contributed by atoms with Crippen LogP contribution in [0.25, 0.3) is 40.0 Å². The Balaban J connectivity index is 1.37. The Bertz CT molecular complexity index is 1690. The van der Waals surface area contributed by atoms with Crippen molar-refractivity contribution in [2.45, 2.75) is 51.9 Å². The van der Waals surface area contributed by atoms with Gasteiger partial charge in [0, 0.05) is 42.3 Å². The van der Waals surface area contributed by atoms with Gasteiger partial charge in [0.1, 0.15) is 17.0 Å². The van der Waals surface area contributed by atoms with Gasteiger partial charge in [-0.3, -0.25) is 10.1 Å². The topological polar surface area (TPSA) is 98.4 Å². The molecule has 2 fully saturated rings. The molecule has 4 aromatic heterocycles. The number of halogens is 1. The van der Waals surface area contributed by atoms with Gasteiger partial charge in [-0.2, -0.15) is 5.10 Å². The van der Waals surface area contributed by atoms with E-state index in [0.717, 1.165) is 67.0 Å². The van der Waals surface area contributed by atoms with Crippen LogP contribution in [0.3, 0.4) is 0 Å². The van der Waals surface area contributed by atoms with E-state index < -0.39 is 5.83 Å². The summed E-state index contributed by atoms with van der Waals surface area (Å²) in [6, 6.07) is 3.75. The summed E-state index contributed by atoms with van der Waals surface area (Å²) in [5.41, 5.74) is 4.55. The maximum Gasteiger partial charge on any atom is 0.159 e. The highest BCUT2D eigenvalue weighted by atomic mass is 19.1. The molecule has 0 atom stereocenters. The van der Waals surface area contributed by atoms with Gasteiger partial charge in [-0.25, -0.2) is 14.4 Å². The summed E-state index contributed by atoms with van der Waals surface area (Å²) in [5, 5.41) is 11.7. The third-order valence-corrected chi connectivity index (χ3v) is 8.07. The van der Waals surface area contributed by atoms with E-state index in [1.54, 1.807) is 24.7 Å². The van der Waals surface area contributed by atoms with Gasteiger partial charge in [-0.1, -0.05) is 32.1 Å². The van der Waals surface area contributed by atoms with Crippen LogP contribution in [-0.2, 0) is 0 Å². The lowest BCUT2D eigenvalue weighted by Gasteiger charge is -2.27. The van der Waals surface area contributed by atoms with Crippen LogP contribution in [0.2, 0.25) is 0 Å². The van der Waals surface area contributed by atoms with Crippen LogP contribution in [0.1, 0.15) is 57.4 Å². The summed E-state index contributed by atoms with van der Waals surface area (Å²) in [7, 11) is 0. The molecule has 0 radical (unpaired) electrons. The third kappa shape index (κ3) is 4.92.